The molecule has 2 rings (SSSR count). The minimum atomic E-state index is -0.225. The number of rotatable bonds is 2. The maximum Gasteiger partial charge on any atom is 0.259 e. The van der Waals surface area contributed by atoms with Crippen LogP contribution in [0.25, 0.3) is 11.5 Å². The highest BCUT2D eigenvalue weighted by Crippen LogP contribution is 2.29. The van der Waals surface area contributed by atoms with Crippen LogP contribution in [0.4, 0.5) is 0 Å². The van der Waals surface area contributed by atoms with E-state index in [4.69, 9.17) is 9.63 Å². The van der Waals surface area contributed by atoms with E-state index in [2.05, 4.69) is 42.0 Å². The molecule has 2 aromatic rings. The summed E-state index contributed by atoms with van der Waals surface area (Å²) in [6.07, 6.45) is 0. The Bertz CT molecular complexity index is 485. The van der Waals surface area contributed by atoms with Gasteiger partial charge in [-0.25, -0.2) is 0 Å². The lowest BCUT2D eigenvalue weighted by atomic mass is 10.2. The summed E-state index contributed by atoms with van der Waals surface area (Å²) in [5.74, 6) is 0.665. The van der Waals surface area contributed by atoms with E-state index in [9.17, 15) is 0 Å². The van der Waals surface area contributed by atoms with Gasteiger partial charge in [-0.3, -0.25) is 0 Å². The fraction of sp³-hybridized carbons (Fsp3) is 0.111. The molecule has 0 radical (unpaired) electrons. The van der Waals surface area contributed by atoms with E-state index < -0.39 is 0 Å². The average molecular weight is 334 g/mol. The smallest absolute Gasteiger partial charge is 0.259 e. The van der Waals surface area contributed by atoms with Crippen LogP contribution in [0.1, 0.15) is 5.82 Å². The highest BCUT2D eigenvalue weighted by molar-refractivity contribution is 9.11. The zero-order chi connectivity index (χ0) is 10.8. The summed E-state index contributed by atoms with van der Waals surface area (Å²) >= 11 is 6.75. The first-order valence-corrected chi connectivity index (χ1v) is 5.68. The topological polar surface area (TPSA) is 59.2 Å². The molecule has 4 nitrogen and oxygen atoms in total. The van der Waals surface area contributed by atoms with Gasteiger partial charge >= 0.3 is 0 Å². The summed E-state index contributed by atoms with van der Waals surface area (Å²) in [5, 5.41) is 12.4. The first-order valence-electron chi connectivity index (χ1n) is 4.09. The van der Waals surface area contributed by atoms with Crippen molar-refractivity contribution in [2.75, 3.05) is 0 Å². The molecule has 0 aliphatic rings. The highest BCUT2D eigenvalue weighted by atomic mass is 79.9. The van der Waals surface area contributed by atoms with Gasteiger partial charge in [0, 0.05) is 8.95 Å². The Balaban J connectivity index is 2.44. The SMILES string of the molecule is OCc1noc(-c2ccc(Br)cc2Br)n1. The van der Waals surface area contributed by atoms with E-state index in [1.54, 1.807) is 0 Å². The summed E-state index contributed by atoms with van der Waals surface area (Å²) < 4.78 is 6.81. The van der Waals surface area contributed by atoms with Crippen LogP contribution in [0.5, 0.6) is 0 Å². The van der Waals surface area contributed by atoms with Gasteiger partial charge in [-0.15, -0.1) is 0 Å². The van der Waals surface area contributed by atoms with Gasteiger partial charge in [-0.2, -0.15) is 4.98 Å². The maximum atomic E-state index is 8.81. The number of aliphatic hydroxyl groups is 1. The molecule has 0 spiro atoms. The number of benzene rings is 1. The molecular weight excluding hydrogens is 328 g/mol. The molecule has 0 aliphatic carbocycles. The molecule has 1 heterocycles. The first-order chi connectivity index (χ1) is 7.20. The lowest BCUT2D eigenvalue weighted by Gasteiger charge is -1.98. The van der Waals surface area contributed by atoms with Crippen LogP contribution < -0.4 is 0 Å². The first kappa shape index (κ1) is 10.8. The lowest BCUT2D eigenvalue weighted by Crippen LogP contribution is -1.85. The Hall–Kier alpha value is -0.720. The number of hydrogen-bond acceptors (Lipinski definition) is 4. The molecule has 0 aliphatic heterocycles. The normalized spacial score (nSPS) is 10.6. The fourth-order valence-corrected chi connectivity index (χ4v) is 2.31. The van der Waals surface area contributed by atoms with Gasteiger partial charge < -0.3 is 9.63 Å². The third kappa shape index (κ3) is 2.27. The third-order valence-corrected chi connectivity index (χ3v) is 2.92. The van der Waals surface area contributed by atoms with Crippen molar-refractivity contribution in [3.63, 3.8) is 0 Å². The van der Waals surface area contributed by atoms with E-state index >= 15 is 0 Å². The molecule has 0 saturated carbocycles. The van der Waals surface area contributed by atoms with Crippen molar-refractivity contribution in [1.29, 1.82) is 0 Å². The van der Waals surface area contributed by atoms with Crippen LogP contribution in [0, 0.1) is 0 Å². The monoisotopic (exact) mass is 332 g/mol. The highest BCUT2D eigenvalue weighted by Gasteiger charge is 2.11. The molecule has 6 heteroatoms. The van der Waals surface area contributed by atoms with Gasteiger partial charge in [-0.1, -0.05) is 21.1 Å². The summed E-state index contributed by atoms with van der Waals surface area (Å²) in [6, 6.07) is 5.61. The zero-order valence-electron chi connectivity index (χ0n) is 7.44. The summed E-state index contributed by atoms with van der Waals surface area (Å²) in [4.78, 5) is 4.02. The zero-order valence-corrected chi connectivity index (χ0v) is 10.6. The van der Waals surface area contributed by atoms with E-state index in [0.29, 0.717) is 5.89 Å². The quantitative estimate of drug-likeness (QED) is 0.918. The Labute approximate surface area is 103 Å². The molecule has 0 atom stereocenters. The van der Waals surface area contributed by atoms with Crippen molar-refractivity contribution in [1.82, 2.24) is 10.1 Å². The Morgan fingerprint density at radius 1 is 1.33 bits per heavy atom. The molecule has 1 N–H and O–H groups in total. The molecule has 15 heavy (non-hydrogen) atoms. The number of nitrogens with zero attached hydrogens (tertiary/aromatic N) is 2. The van der Waals surface area contributed by atoms with Crippen molar-refractivity contribution in [3.8, 4) is 11.5 Å². The second-order valence-electron chi connectivity index (χ2n) is 2.80. The van der Waals surface area contributed by atoms with Crippen LogP contribution >= 0.6 is 31.9 Å². The molecule has 1 aromatic heterocycles. The summed E-state index contributed by atoms with van der Waals surface area (Å²) in [6.45, 7) is -0.225. The standard InChI is InChI=1S/C9H6Br2N2O2/c10-5-1-2-6(7(11)3-5)9-12-8(4-14)13-15-9/h1-3,14H,4H2. The second kappa shape index (κ2) is 4.42. The molecule has 1 aromatic carbocycles. The van der Waals surface area contributed by atoms with Crippen molar-refractivity contribution >= 4 is 31.9 Å². The predicted octanol–water partition coefficient (Wildman–Crippen LogP) is 2.75. The summed E-state index contributed by atoms with van der Waals surface area (Å²) in [7, 11) is 0. The molecule has 0 bridgehead atoms. The third-order valence-electron chi connectivity index (χ3n) is 1.77. The van der Waals surface area contributed by atoms with Gasteiger partial charge in [0.25, 0.3) is 5.89 Å². The maximum absolute atomic E-state index is 8.81. The van der Waals surface area contributed by atoms with E-state index in [1.165, 1.54) is 0 Å². The van der Waals surface area contributed by atoms with Gasteiger partial charge in [0.1, 0.15) is 6.61 Å². The van der Waals surface area contributed by atoms with Crippen molar-refractivity contribution in [2.24, 2.45) is 0 Å². The Morgan fingerprint density at radius 2 is 2.13 bits per heavy atom. The van der Waals surface area contributed by atoms with Crippen LogP contribution in [0.3, 0.4) is 0 Å². The molecule has 0 fully saturated rings. The number of aromatic nitrogens is 2. The Kier molecular flexibility index (Phi) is 3.18. The molecule has 0 amide bonds. The van der Waals surface area contributed by atoms with Crippen LogP contribution in [-0.4, -0.2) is 15.2 Å². The van der Waals surface area contributed by atoms with Gasteiger partial charge in [-0.05, 0) is 34.1 Å². The predicted molar refractivity (Wildman–Crippen MR) is 61.1 cm³/mol. The van der Waals surface area contributed by atoms with Crippen LogP contribution in [-0.2, 0) is 6.61 Å². The van der Waals surface area contributed by atoms with Crippen LogP contribution in [0.2, 0.25) is 0 Å². The number of aliphatic hydroxyl groups excluding tert-OH is 1. The van der Waals surface area contributed by atoms with E-state index in [1.807, 2.05) is 18.2 Å². The Morgan fingerprint density at radius 3 is 2.73 bits per heavy atom. The largest absolute Gasteiger partial charge is 0.388 e. The van der Waals surface area contributed by atoms with Crippen molar-refractivity contribution < 1.29 is 9.63 Å². The number of hydrogen-bond donors (Lipinski definition) is 1. The van der Waals surface area contributed by atoms with E-state index in [-0.39, 0.29) is 12.4 Å². The van der Waals surface area contributed by atoms with Gasteiger partial charge in [0.2, 0.25) is 0 Å². The van der Waals surface area contributed by atoms with Crippen molar-refractivity contribution in [3.05, 3.63) is 33.0 Å². The minimum absolute atomic E-state index is 0.225. The molecule has 0 saturated heterocycles. The van der Waals surface area contributed by atoms with Crippen molar-refractivity contribution in [2.45, 2.75) is 6.61 Å². The number of halogens is 2. The molecule has 78 valence electrons. The lowest BCUT2D eigenvalue weighted by molar-refractivity contribution is 0.264. The molecular formula is C9H6Br2N2O2. The molecule has 0 unspecified atom stereocenters. The van der Waals surface area contributed by atoms with E-state index in [0.717, 1.165) is 14.5 Å². The van der Waals surface area contributed by atoms with Gasteiger partial charge in [0.05, 0.1) is 5.56 Å². The summed E-state index contributed by atoms with van der Waals surface area (Å²) in [5.41, 5.74) is 0.797. The fourth-order valence-electron chi connectivity index (χ4n) is 1.09. The minimum Gasteiger partial charge on any atom is -0.388 e. The average Bonchev–Trinajstić information content (AvgIpc) is 2.66. The second-order valence-corrected chi connectivity index (χ2v) is 4.57. The van der Waals surface area contributed by atoms with Gasteiger partial charge in [0.15, 0.2) is 5.82 Å². The van der Waals surface area contributed by atoms with Crippen LogP contribution in [0.15, 0.2) is 31.7 Å².